The molecule has 0 unspecified atom stereocenters. The number of anilines is 2. The number of hydrogen-bond acceptors (Lipinski definition) is 4. The van der Waals surface area contributed by atoms with Crippen LogP contribution in [-0.4, -0.2) is 16.9 Å². The van der Waals surface area contributed by atoms with E-state index in [1.54, 1.807) is 12.1 Å². The summed E-state index contributed by atoms with van der Waals surface area (Å²) < 4.78 is 0. The number of aromatic nitrogens is 1. The molecule has 0 saturated carbocycles. The molecule has 7 nitrogen and oxygen atoms in total. The van der Waals surface area contributed by atoms with Crippen LogP contribution in [0.25, 0.3) is 10.4 Å². The number of amides is 1. The molecular weight excluding hydrogens is 316 g/mol. The highest BCUT2D eigenvalue weighted by Crippen LogP contribution is 2.38. The van der Waals surface area contributed by atoms with Crippen LogP contribution in [0, 0.1) is 0 Å². The number of rotatable bonds is 4. The lowest BCUT2D eigenvalue weighted by atomic mass is 9.91. The molecule has 0 radical (unpaired) electrons. The van der Waals surface area contributed by atoms with Crippen molar-refractivity contribution in [2.45, 2.75) is 38.8 Å². The molecule has 2 heterocycles. The first-order valence-electron chi connectivity index (χ1n) is 8.32. The summed E-state index contributed by atoms with van der Waals surface area (Å²) in [7, 11) is 0. The number of hydrogen-bond donors (Lipinski definition) is 1. The summed E-state index contributed by atoms with van der Waals surface area (Å²) in [6.07, 6.45) is 2.81. The maximum atomic E-state index is 12.4. The second-order valence-electron chi connectivity index (χ2n) is 6.05. The zero-order valence-electron chi connectivity index (χ0n) is 14.3. The van der Waals surface area contributed by atoms with Crippen molar-refractivity contribution in [3.05, 3.63) is 58.6 Å². The molecule has 1 N–H and O–H groups in total. The molecule has 1 amide bonds. The van der Waals surface area contributed by atoms with E-state index in [0.29, 0.717) is 17.9 Å². The van der Waals surface area contributed by atoms with Crippen molar-refractivity contribution >= 4 is 23.1 Å². The molecule has 0 spiro atoms. The van der Waals surface area contributed by atoms with Gasteiger partial charge in [-0.2, -0.15) is 0 Å². The van der Waals surface area contributed by atoms with Crippen LogP contribution in [0.3, 0.4) is 0 Å². The van der Waals surface area contributed by atoms with Gasteiger partial charge in [0.1, 0.15) is 5.82 Å². The minimum atomic E-state index is 0.0601. The van der Waals surface area contributed by atoms with Gasteiger partial charge in [0.15, 0.2) is 0 Å². The Bertz CT molecular complexity index is 813. The molecule has 3 rings (SSSR count). The highest BCUT2D eigenvalue weighted by molar-refractivity contribution is 5.95. The molecule has 1 aromatic carbocycles. The Morgan fingerprint density at radius 3 is 2.88 bits per heavy atom. The van der Waals surface area contributed by atoms with Crippen molar-refractivity contribution in [2.24, 2.45) is 5.11 Å². The van der Waals surface area contributed by atoms with E-state index in [1.807, 2.05) is 36.1 Å². The van der Waals surface area contributed by atoms with Crippen molar-refractivity contribution in [2.75, 3.05) is 10.2 Å². The van der Waals surface area contributed by atoms with Crippen molar-refractivity contribution in [3.8, 4) is 0 Å². The molecule has 2 aromatic rings. The van der Waals surface area contributed by atoms with Crippen LogP contribution < -0.4 is 10.2 Å². The number of fused-ring (bicyclic) bond motifs is 1. The first kappa shape index (κ1) is 16.8. The zero-order valence-corrected chi connectivity index (χ0v) is 14.3. The molecule has 25 heavy (non-hydrogen) atoms. The Morgan fingerprint density at radius 2 is 2.20 bits per heavy atom. The molecule has 128 valence electrons. The molecule has 1 aliphatic rings. The van der Waals surface area contributed by atoms with Crippen molar-refractivity contribution in [1.82, 2.24) is 4.98 Å². The third-order valence-electron chi connectivity index (χ3n) is 4.39. The minimum absolute atomic E-state index is 0.0601. The average molecular weight is 336 g/mol. The first-order chi connectivity index (χ1) is 12.1. The van der Waals surface area contributed by atoms with E-state index < -0.39 is 0 Å². The quantitative estimate of drug-likeness (QED) is 0.497. The summed E-state index contributed by atoms with van der Waals surface area (Å²) in [6, 6.07) is 11.6. The first-order valence-corrected chi connectivity index (χ1v) is 8.32. The smallest absolute Gasteiger partial charge is 0.226 e. The fourth-order valence-corrected chi connectivity index (χ4v) is 3.26. The van der Waals surface area contributed by atoms with Gasteiger partial charge in [0.25, 0.3) is 0 Å². The third kappa shape index (κ3) is 3.41. The van der Waals surface area contributed by atoms with Crippen molar-refractivity contribution in [1.29, 1.82) is 0 Å². The summed E-state index contributed by atoms with van der Waals surface area (Å²) in [6.45, 7) is 3.95. The van der Waals surface area contributed by atoms with Gasteiger partial charge in [-0.05, 0) is 42.6 Å². The lowest BCUT2D eigenvalue weighted by Gasteiger charge is -2.39. The van der Waals surface area contributed by atoms with Crippen molar-refractivity contribution < 1.29 is 4.79 Å². The molecule has 7 heteroatoms. The molecule has 0 fully saturated rings. The Kier molecular flexibility index (Phi) is 4.86. The summed E-state index contributed by atoms with van der Waals surface area (Å²) in [5.74, 6) is 0.842. The molecule has 0 bridgehead atoms. The van der Waals surface area contributed by atoms with Crippen LogP contribution in [0.4, 0.5) is 17.2 Å². The second-order valence-corrected chi connectivity index (χ2v) is 6.05. The topological polar surface area (TPSA) is 94.0 Å². The van der Waals surface area contributed by atoms with E-state index in [1.165, 1.54) is 6.20 Å². The van der Waals surface area contributed by atoms with Gasteiger partial charge in [0.05, 0.1) is 11.7 Å². The van der Waals surface area contributed by atoms with Crippen LogP contribution in [-0.2, 0) is 4.79 Å². The predicted molar refractivity (Wildman–Crippen MR) is 97.7 cm³/mol. The molecular formula is C18H20N6O. The van der Waals surface area contributed by atoms with Crippen LogP contribution in [0.2, 0.25) is 0 Å². The van der Waals surface area contributed by atoms with Gasteiger partial charge < -0.3 is 10.2 Å². The summed E-state index contributed by atoms with van der Waals surface area (Å²) in [4.78, 5) is 21.3. The zero-order chi connectivity index (χ0) is 17.8. The van der Waals surface area contributed by atoms with Crippen LogP contribution in [0.5, 0.6) is 0 Å². The van der Waals surface area contributed by atoms with Gasteiger partial charge in [-0.15, -0.1) is 0 Å². The largest absolute Gasteiger partial charge is 0.363 e. The highest BCUT2D eigenvalue weighted by atomic mass is 16.2. The number of nitrogens with one attached hydrogen (secondary N) is 1. The predicted octanol–water partition coefficient (Wildman–Crippen LogP) is 4.71. The second kappa shape index (κ2) is 7.23. The SMILES string of the molecule is CCC(=O)N1c2ccccc2[C@H](Nc2ccc(N=[N+]=[N-])cn2)C[C@@H]1C. The number of nitrogens with zero attached hydrogens (tertiary/aromatic N) is 5. The summed E-state index contributed by atoms with van der Waals surface area (Å²) in [5.41, 5.74) is 11.0. The van der Waals surface area contributed by atoms with E-state index in [9.17, 15) is 4.79 Å². The minimum Gasteiger partial charge on any atom is -0.363 e. The summed E-state index contributed by atoms with van der Waals surface area (Å²) in [5, 5.41) is 6.96. The Hall–Kier alpha value is -3.05. The monoisotopic (exact) mass is 336 g/mol. The molecule has 0 aliphatic carbocycles. The van der Waals surface area contributed by atoms with Gasteiger partial charge in [-0.1, -0.05) is 30.2 Å². The third-order valence-corrected chi connectivity index (χ3v) is 4.39. The number of pyridine rings is 1. The maximum Gasteiger partial charge on any atom is 0.226 e. The number of carbonyl (C=O) groups excluding carboxylic acids is 1. The standard InChI is InChI=1S/C18H20N6O/c1-3-18(25)24-12(2)10-15(14-6-4-5-7-16(14)24)21-17-9-8-13(11-20-17)22-23-19/h4-9,11-12,15H,3,10H2,1-2H3,(H,20,21)/t12-,15+/m0/s1. The van der Waals surface area contributed by atoms with E-state index in [0.717, 1.165) is 17.7 Å². The lowest BCUT2D eigenvalue weighted by Crippen LogP contribution is -2.44. The van der Waals surface area contributed by atoms with Gasteiger partial charge in [0, 0.05) is 29.3 Å². The normalized spacial score (nSPS) is 18.9. The van der Waals surface area contributed by atoms with Gasteiger partial charge in [-0.25, -0.2) is 4.98 Å². The van der Waals surface area contributed by atoms with Crippen LogP contribution in [0.1, 0.15) is 38.3 Å². The number of carbonyl (C=O) groups is 1. The van der Waals surface area contributed by atoms with E-state index in [2.05, 4.69) is 27.3 Å². The van der Waals surface area contributed by atoms with E-state index in [-0.39, 0.29) is 18.0 Å². The summed E-state index contributed by atoms with van der Waals surface area (Å²) >= 11 is 0. The molecule has 0 saturated heterocycles. The van der Waals surface area contributed by atoms with Gasteiger partial charge in [0.2, 0.25) is 5.91 Å². The Labute approximate surface area is 146 Å². The fraction of sp³-hybridized carbons (Fsp3) is 0.333. The van der Waals surface area contributed by atoms with Gasteiger partial charge in [-0.3, -0.25) is 4.79 Å². The van der Waals surface area contributed by atoms with Crippen LogP contribution in [0.15, 0.2) is 47.7 Å². The molecule has 1 aromatic heterocycles. The lowest BCUT2D eigenvalue weighted by molar-refractivity contribution is -0.118. The number of para-hydroxylation sites is 1. The van der Waals surface area contributed by atoms with Crippen LogP contribution >= 0.6 is 0 Å². The Morgan fingerprint density at radius 1 is 1.40 bits per heavy atom. The van der Waals surface area contributed by atoms with Gasteiger partial charge >= 0.3 is 0 Å². The maximum absolute atomic E-state index is 12.4. The Balaban J connectivity index is 1.89. The molecule has 2 atom stereocenters. The average Bonchev–Trinajstić information content (AvgIpc) is 2.63. The van der Waals surface area contributed by atoms with Crippen molar-refractivity contribution in [3.63, 3.8) is 0 Å². The van der Waals surface area contributed by atoms with E-state index in [4.69, 9.17) is 5.53 Å². The highest BCUT2D eigenvalue weighted by Gasteiger charge is 2.32. The van der Waals surface area contributed by atoms with E-state index >= 15 is 0 Å². The molecule has 1 aliphatic heterocycles. The fourth-order valence-electron chi connectivity index (χ4n) is 3.26. The number of benzene rings is 1. The number of azide groups is 1.